The Bertz CT molecular complexity index is 1920. The summed E-state index contributed by atoms with van der Waals surface area (Å²) in [6, 6.07) is 5.64. The van der Waals surface area contributed by atoms with Gasteiger partial charge in [-0.05, 0) is 120 Å². The lowest BCUT2D eigenvalue weighted by atomic mass is 9.72. The fraction of sp³-hybridized carbons (Fsp3) is 0.780. The Hall–Kier alpha value is -2.62. The number of nitrogens with one attached hydrogen (secondary N) is 2. The van der Waals surface area contributed by atoms with E-state index in [9.17, 15) is 29.7 Å². The van der Waals surface area contributed by atoms with Crippen LogP contribution in [0.5, 0.6) is 0 Å². The van der Waals surface area contributed by atoms with Crippen LogP contribution in [-0.2, 0) is 33.3 Å². The molecule has 358 valence electrons. The maximum atomic E-state index is 14.9. The molecular weight excluding hydrogens is 840 g/mol. The predicted octanol–water partition coefficient (Wildman–Crippen LogP) is 8.81. The molecule has 1 aromatic rings. The lowest BCUT2D eigenvalue weighted by molar-refractivity contribution is -0.397. The Kier molecular flexibility index (Phi) is 14.0. The van der Waals surface area contributed by atoms with Gasteiger partial charge in [0, 0.05) is 40.3 Å². The van der Waals surface area contributed by atoms with E-state index in [1.54, 1.807) is 31.2 Å². The van der Waals surface area contributed by atoms with Crippen LogP contribution in [0, 0.1) is 40.9 Å². The molecule has 0 radical (unpaired) electrons. The molecule has 0 bridgehead atoms. The van der Waals surface area contributed by atoms with Crippen LogP contribution in [0.15, 0.2) is 36.4 Å². The Morgan fingerprint density at radius 3 is 2.22 bits per heavy atom. The number of ketones is 1. The number of Topliss-reactive ketones (excluding diaryl/α,β-unsaturated/α-hetero) is 1. The van der Waals surface area contributed by atoms with Crippen molar-refractivity contribution < 1.29 is 53.4 Å². The first-order chi connectivity index (χ1) is 30.0. The molecule has 5 fully saturated rings. The number of rotatable bonds is 13. The Labute approximate surface area is 385 Å². The molecule has 6 aliphatic rings. The van der Waals surface area contributed by atoms with E-state index in [0.29, 0.717) is 74.9 Å². The molecule has 14 heteroatoms. The Balaban J connectivity index is 1.13. The minimum Gasteiger partial charge on any atom is -0.481 e. The molecule has 5 heterocycles. The Morgan fingerprint density at radius 2 is 1.59 bits per heavy atom. The van der Waals surface area contributed by atoms with E-state index >= 15 is 0 Å². The number of carboxylic acids is 1. The van der Waals surface area contributed by atoms with Crippen LogP contribution in [0.4, 0.5) is 10.5 Å². The third kappa shape index (κ3) is 8.60. The molecule has 7 rings (SSSR count). The number of aliphatic hydroxyl groups excluding tert-OH is 1. The third-order valence-corrected chi connectivity index (χ3v) is 17.4. The van der Waals surface area contributed by atoms with Gasteiger partial charge in [-0.1, -0.05) is 73.1 Å². The van der Waals surface area contributed by atoms with Crippen molar-refractivity contribution in [1.82, 2.24) is 5.32 Å². The van der Waals surface area contributed by atoms with Crippen molar-refractivity contribution in [2.45, 2.75) is 205 Å². The normalized spacial score (nSPS) is 43.7. The molecule has 13 nitrogen and oxygen atoms in total. The lowest BCUT2D eigenvalue weighted by Gasteiger charge is -2.55. The molecule has 1 aromatic carbocycles. The number of hydrogen-bond donors (Lipinski definition) is 5. The average Bonchev–Trinajstić information content (AvgIpc) is 3.71. The summed E-state index contributed by atoms with van der Waals surface area (Å²) in [5.74, 6) is -5.74. The van der Waals surface area contributed by atoms with E-state index in [1.807, 2.05) is 53.7 Å². The summed E-state index contributed by atoms with van der Waals surface area (Å²) in [5.41, 5.74) is -2.63. The van der Waals surface area contributed by atoms with Gasteiger partial charge in [-0.15, -0.1) is 0 Å². The Morgan fingerprint density at radius 1 is 0.906 bits per heavy atom. The molecule has 2 amide bonds. The second-order valence-corrected chi connectivity index (χ2v) is 21.5. The highest BCUT2D eigenvalue weighted by molar-refractivity contribution is 6.30. The number of benzene rings is 1. The van der Waals surface area contributed by atoms with Crippen molar-refractivity contribution in [1.29, 1.82) is 0 Å². The molecule has 3 spiro atoms. The molecule has 4 saturated heterocycles. The van der Waals surface area contributed by atoms with Gasteiger partial charge in [0.25, 0.3) is 0 Å². The number of amides is 2. The topological polar surface area (TPSA) is 182 Å². The number of carbonyl (C=O) groups excluding carboxylic acids is 2. The van der Waals surface area contributed by atoms with Gasteiger partial charge in [-0.25, -0.2) is 4.79 Å². The summed E-state index contributed by atoms with van der Waals surface area (Å²) in [6.45, 7) is 19.8. The zero-order valence-electron chi connectivity index (χ0n) is 39.7. The van der Waals surface area contributed by atoms with Gasteiger partial charge in [-0.2, -0.15) is 0 Å². The maximum absolute atomic E-state index is 14.9. The molecule has 18 atom stereocenters. The first kappa shape index (κ1) is 49.3. The second-order valence-electron chi connectivity index (χ2n) is 21.1. The number of aliphatic hydroxyl groups is 2. The average molecular weight is 916 g/mol. The zero-order valence-corrected chi connectivity index (χ0v) is 40.4. The van der Waals surface area contributed by atoms with Crippen molar-refractivity contribution in [2.75, 3.05) is 5.32 Å². The largest absolute Gasteiger partial charge is 0.481 e. The van der Waals surface area contributed by atoms with Gasteiger partial charge >= 0.3 is 12.0 Å². The molecule has 64 heavy (non-hydrogen) atoms. The molecule has 1 saturated carbocycles. The minimum atomic E-state index is -1.39. The number of halogens is 1. The van der Waals surface area contributed by atoms with E-state index in [2.05, 4.69) is 31.4 Å². The van der Waals surface area contributed by atoms with Crippen molar-refractivity contribution in [2.24, 2.45) is 40.9 Å². The van der Waals surface area contributed by atoms with Gasteiger partial charge in [0.1, 0.15) is 11.8 Å². The van der Waals surface area contributed by atoms with Crippen LogP contribution in [-0.4, -0.2) is 98.0 Å². The van der Waals surface area contributed by atoms with Crippen LogP contribution in [0.3, 0.4) is 0 Å². The standard InChI is InChI=1S/C50H75ClN2O11/c1-11-35(43(56)57)37-19-14-29(5)48(61-37)27-45(48,9)42(55)31(7)40(54)36(12-2)41-28(4)26-30(6)49(62-41)23-20-38(53-44(58)52-34-17-15-33(51)16-18-34)50(64-49)25-24-46(10,63-50)39-21-22-47(59,13-3)32(8)60-39/h15-18,20,23,28-32,35-39,41-42,55,59H,11-14,19,21-22,24-27H2,1-10H3,(H,56,57)(H2,52,53,58)/t28-,29-,30+,31+,32-,35+,36?,37+,38?,39+,41-,42+,45?,46-,47+,48+,49-,50-/m0/s1. The summed E-state index contributed by atoms with van der Waals surface area (Å²) >= 11 is 6.11. The molecule has 0 aromatic heterocycles. The number of hydrogen-bond acceptors (Lipinski definition) is 10. The molecule has 5 aliphatic heterocycles. The second kappa shape index (κ2) is 18.1. The fourth-order valence-corrected chi connectivity index (χ4v) is 12.7. The first-order valence-electron chi connectivity index (χ1n) is 24.2. The number of ether oxygens (including phenoxy) is 5. The molecule has 1 aliphatic carbocycles. The van der Waals surface area contributed by atoms with Gasteiger partial charge in [0.15, 0.2) is 11.6 Å². The van der Waals surface area contributed by atoms with Gasteiger partial charge in [0.2, 0.25) is 0 Å². The van der Waals surface area contributed by atoms with Crippen molar-refractivity contribution in [3.63, 3.8) is 0 Å². The summed E-state index contributed by atoms with van der Waals surface area (Å²) in [7, 11) is 0. The van der Waals surface area contributed by atoms with Crippen LogP contribution in [0.25, 0.3) is 0 Å². The minimum absolute atomic E-state index is 0.0377. The highest BCUT2D eigenvalue weighted by Gasteiger charge is 2.74. The van der Waals surface area contributed by atoms with Crippen LogP contribution in [0.2, 0.25) is 5.02 Å². The highest BCUT2D eigenvalue weighted by Crippen LogP contribution is 2.68. The van der Waals surface area contributed by atoms with Crippen molar-refractivity contribution in [3.05, 3.63) is 41.4 Å². The molecular formula is C50H75ClN2O11. The summed E-state index contributed by atoms with van der Waals surface area (Å²) in [4.78, 5) is 40.7. The number of carboxylic acid groups (broad SMARTS) is 1. The van der Waals surface area contributed by atoms with Crippen LogP contribution >= 0.6 is 11.6 Å². The molecule has 3 unspecified atom stereocenters. The van der Waals surface area contributed by atoms with E-state index < -0.39 is 94.0 Å². The quantitative estimate of drug-likeness (QED) is 0.119. The maximum Gasteiger partial charge on any atom is 0.319 e. The summed E-state index contributed by atoms with van der Waals surface area (Å²) in [6.07, 6.45) is 7.25. The van der Waals surface area contributed by atoms with Crippen molar-refractivity contribution >= 4 is 35.1 Å². The third-order valence-electron chi connectivity index (χ3n) is 17.1. The fourth-order valence-electron chi connectivity index (χ4n) is 12.6. The summed E-state index contributed by atoms with van der Waals surface area (Å²) in [5, 5.41) is 40.0. The van der Waals surface area contributed by atoms with Gasteiger partial charge in [0.05, 0.1) is 53.2 Å². The van der Waals surface area contributed by atoms with Gasteiger partial charge < -0.3 is 49.6 Å². The van der Waals surface area contributed by atoms with E-state index in [1.165, 1.54) is 0 Å². The predicted molar refractivity (Wildman–Crippen MR) is 243 cm³/mol. The van der Waals surface area contributed by atoms with Crippen LogP contribution < -0.4 is 10.6 Å². The monoisotopic (exact) mass is 915 g/mol. The highest BCUT2D eigenvalue weighted by atomic mass is 35.5. The van der Waals surface area contributed by atoms with Crippen molar-refractivity contribution in [3.8, 4) is 0 Å². The SMILES string of the molecule is CCC(C(=O)[C@@H](C)[C@@H](O)C1(C)C[C@]12O[C@@H]([C@@H](CC)C(=O)O)CC[C@@H]2C)[C@H]1O[C@]2(C=CC(NC(=O)Nc3ccc(Cl)cc3)[C@]3(CC[C@@](C)([C@H]4CC[C@](O)(CC)[C@H](C)O4)O3)O2)[C@H](C)C[C@@H]1C. The van der Waals surface area contributed by atoms with E-state index in [4.69, 9.17) is 35.3 Å². The first-order valence-corrected chi connectivity index (χ1v) is 24.5. The molecule has 5 N–H and O–H groups in total. The smallest absolute Gasteiger partial charge is 0.319 e. The number of anilines is 1. The van der Waals surface area contributed by atoms with E-state index in [0.717, 1.165) is 6.42 Å². The number of urea groups is 1. The summed E-state index contributed by atoms with van der Waals surface area (Å²) < 4.78 is 34.9. The lowest BCUT2D eigenvalue weighted by Crippen LogP contribution is -2.66. The van der Waals surface area contributed by atoms with E-state index in [-0.39, 0.29) is 29.6 Å². The number of aliphatic carboxylic acids is 1. The van der Waals surface area contributed by atoms with Gasteiger partial charge in [-0.3, -0.25) is 9.59 Å². The zero-order chi connectivity index (χ0) is 46.8. The number of carbonyl (C=O) groups is 3. The van der Waals surface area contributed by atoms with Crippen LogP contribution in [0.1, 0.15) is 140 Å².